The van der Waals surface area contributed by atoms with Crippen LogP contribution in [0.1, 0.15) is 57.8 Å². The maximum atomic E-state index is 12.1. The molecule has 11 heteroatoms. The number of hydrogen-bond donors (Lipinski definition) is 6. The van der Waals surface area contributed by atoms with Crippen molar-refractivity contribution in [2.24, 2.45) is 0 Å². The average molecular weight is 470 g/mol. The molecular formula is C21H35N5O5S. The molecule has 3 aliphatic rings. The van der Waals surface area contributed by atoms with E-state index in [0.717, 1.165) is 44.4 Å². The number of rotatable bonds is 13. The molecule has 32 heavy (non-hydrogen) atoms. The minimum Gasteiger partial charge on any atom is -0.480 e. The van der Waals surface area contributed by atoms with Crippen molar-refractivity contribution in [3.8, 4) is 0 Å². The smallest absolute Gasteiger partial charge is 0.326 e. The molecule has 3 aliphatic heterocycles. The van der Waals surface area contributed by atoms with Gasteiger partial charge in [0.15, 0.2) is 0 Å². The molecule has 10 nitrogen and oxygen atoms in total. The summed E-state index contributed by atoms with van der Waals surface area (Å²) in [6.07, 6.45) is 6.49. The van der Waals surface area contributed by atoms with E-state index in [9.17, 15) is 24.3 Å². The second kappa shape index (κ2) is 12.3. The maximum absolute atomic E-state index is 12.1. The first-order valence-electron chi connectivity index (χ1n) is 11.7. The Morgan fingerprint density at radius 1 is 1.16 bits per heavy atom. The molecule has 0 saturated carbocycles. The van der Waals surface area contributed by atoms with E-state index in [-0.39, 0.29) is 36.0 Å². The molecule has 180 valence electrons. The molecule has 0 radical (unpaired) electrons. The van der Waals surface area contributed by atoms with Crippen LogP contribution in [-0.4, -0.2) is 77.2 Å². The van der Waals surface area contributed by atoms with E-state index >= 15 is 0 Å². The second-order valence-corrected chi connectivity index (χ2v) is 10.0. The Balaban J connectivity index is 1.20. The highest BCUT2D eigenvalue weighted by atomic mass is 32.2. The molecule has 3 rings (SSSR count). The van der Waals surface area contributed by atoms with Crippen LogP contribution in [0.4, 0.5) is 4.79 Å². The Hall–Kier alpha value is -2.01. The van der Waals surface area contributed by atoms with Crippen LogP contribution < -0.4 is 26.6 Å². The van der Waals surface area contributed by atoms with Gasteiger partial charge in [-0.05, 0) is 51.5 Å². The summed E-state index contributed by atoms with van der Waals surface area (Å²) in [5, 5.41) is 24.2. The highest BCUT2D eigenvalue weighted by Gasteiger charge is 2.42. The Kier molecular flexibility index (Phi) is 9.46. The molecule has 3 heterocycles. The fourth-order valence-electron chi connectivity index (χ4n) is 4.50. The van der Waals surface area contributed by atoms with Crippen LogP contribution in [0, 0.1) is 0 Å². The van der Waals surface area contributed by atoms with E-state index in [0.29, 0.717) is 37.5 Å². The van der Waals surface area contributed by atoms with Gasteiger partial charge in [0.05, 0.1) is 18.1 Å². The van der Waals surface area contributed by atoms with Gasteiger partial charge in [0.2, 0.25) is 11.8 Å². The zero-order chi connectivity index (χ0) is 22.9. The summed E-state index contributed by atoms with van der Waals surface area (Å²) >= 11 is 1.88. The van der Waals surface area contributed by atoms with Crippen molar-refractivity contribution < 1.29 is 24.3 Å². The molecule has 3 saturated heterocycles. The molecule has 4 amide bonds. The van der Waals surface area contributed by atoms with Crippen LogP contribution in [0.5, 0.6) is 0 Å². The number of aliphatic carboxylic acids is 1. The minimum atomic E-state index is -1.03. The van der Waals surface area contributed by atoms with Gasteiger partial charge in [-0.25, -0.2) is 9.59 Å². The van der Waals surface area contributed by atoms with Gasteiger partial charge in [-0.2, -0.15) is 11.8 Å². The molecule has 0 spiro atoms. The van der Waals surface area contributed by atoms with Crippen molar-refractivity contribution in [3.63, 3.8) is 0 Å². The normalized spacial score (nSPS) is 27.3. The Bertz CT molecular complexity index is 687. The monoisotopic (exact) mass is 469 g/mol. The number of fused-ring (bicyclic) bond motifs is 1. The number of carbonyl (C=O) groups excluding carboxylic acids is 3. The minimum absolute atomic E-state index is 0.00758. The van der Waals surface area contributed by atoms with Crippen molar-refractivity contribution in [3.05, 3.63) is 0 Å². The summed E-state index contributed by atoms with van der Waals surface area (Å²) < 4.78 is 0. The first-order chi connectivity index (χ1) is 15.4. The molecule has 0 unspecified atom stereocenters. The number of carboxylic acids is 1. The quantitative estimate of drug-likeness (QED) is 0.168. The number of nitrogens with one attached hydrogen (secondary N) is 5. The summed E-state index contributed by atoms with van der Waals surface area (Å²) in [5.41, 5.74) is 0. The molecule has 6 N–H and O–H groups in total. The van der Waals surface area contributed by atoms with Gasteiger partial charge in [-0.1, -0.05) is 6.42 Å². The molecule has 0 bridgehead atoms. The molecule has 0 aliphatic carbocycles. The van der Waals surface area contributed by atoms with Crippen LogP contribution in [0.3, 0.4) is 0 Å². The van der Waals surface area contributed by atoms with Crippen molar-refractivity contribution in [2.75, 3.05) is 18.8 Å². The highest BCUT2D eigenvalue weighted by molar-refractivity contribution is 8.00. The summed E-state index contributed by atoms with van der Waals surface area (Å²) in [5.74, 6) is -0.326. The predicted octanol–water partition coefficient (Wildman–Crippen LogP) is 0.320. The van der Waals surface area contributed by atoms with Crippen molar-refractivity contribution in [2.45, 2.75) is 87.2 Å². The van der Waals surface area contributed by atoms with E-state index in [1.807, 2.05) is 11.8 Å². The summed E-state index contributed by atoms with van der Waals surface area (Å²) in [6, 6.07) is -0.830. The van der Waals surface area contributed by atoms with E-state index in [2.05, 4.69) is 26.6 Å². The number of unbranched alkanes of at least 4 members (excludes halogenated alkanes) is 2. The van der Waals surface area contributed by atoms with Crippen molar-refractivity contribution >= 4 is 35.6 Å². The van der Waals surface area contributed by atoms with E-state index in [1.54, 1.807) is 0 Å². The van der Waals surface area contributed by atoms with Crippen LogP contribution in [0.15, 0.2) is 0 Å². The van der Waals surface area contributed by atoms with Gasteiger partial charge in [0, 0.05) is 24.0 Å². The van der Waals surface area contributed by atoms with E-state index in [4.69, 9.17) is 0 Å². The van der Waals surface area contributed by atoms with Crippen molar-refractivity contribution in [1.82, 2.24) is 26.6 Å². The molecular weight excluding hydrogens is 434 g/mol. The number of carboxylic acid groups (broad SMARTS) is 1. The first-order valence-corrected chi connectivity index (χ1v) is 12.7. The van der Waals surface area contributed by atoms with Gasteiger partial charge < -0.3 is 31.7 Å². The van der Waals surface area contributed by atoms with Gasteiger partial charge in [-0.15, -0.1) is 0 Å². The first kappa shape index (κ1) is 24.6. The van der Waals surface area contributed by atoms with Crippen LogP contribution in [-0.2, 0) is 14.4 Å². The lowest BCUT2D eigenvalue weighted by atomic mass is 10.0. The van der Waals surface area contributed by atoms with Crippen LogP contribution >= 0.6 is 11.8 Å². The van der Waals surface area contributed by atoms with E-state index < -0.39 is 12.0 Å². The molecule has 0 aromatic carbocycles. The van der Waals surface area contributed by atoms with Gasteiger partial charge in [0.1, 0.15) is 6.04 Å². The molecule has 5 atom stereocenters. The fraction of sp³-hybridized carbons (Fsp3) is 0.810. The zero-order valence-electron chi connectivity index (χ0n) is 18.4. The van der Waals surface area contributed by atoms with Crippen molar-refractivity contribution in [1.29, 1.82) is 0 Å². The largest absolute Gasteiger partial charge is 0.480 e. The Morgan fingerprint density at radius 3 is 2.75 bits per heavy atom. The third-order valence-corrected chi connectivity index (χ3v) is 7.82. The lowest BCUT2D eigenvalue weighted by Crippen LogP contribution is -2.48. The lowest BCUT2D eigenvalue weighted by molar-refractivity contribution is -0.142. The summed E-state index contributed by atoms with van der Waals surface area (Å²) in [6.45, 7) is 1.29. The summed E-state index contributed by atoms with van der Waals surface area (Å²) in [7, 11) is 0. The third kappa shape index (κ3) is 7.26. The highest BCUT2D eigenvalue weighted by Crippen LogP contribution is 2.33. The van der Waals surface area contributed by atoms with Crippen LogP contribution in [0.2, 0.25) is 0 Å². The Morgan fingerprint density at radius 2 is 2.00 bits per heavy atom. The average Bonchev–Trinajstić information content (AvgIpc) is 3.48. The fourth-order valence-corrected chi connectivity index (χ4v) is 6.05. The third-order valence-electron chi connectivity index (χ3n) is 6.31. The maximum Gasteiger partial charge on any atom is 0.326 e. The topological polar surface area (TPSA) is 149 Å². The number of amides is 4. The standard InChI is InChI=1S/C21H35N5O5S/c27-17(9-2-1-8-16-18-15(12-32-16)25-21(31)26-18)23-10-4-3-6-14(20(29)30)24-19(28)13-7-5-11-22-13/h13-16,18,22H,1-12H2,(H,23,27)(H,24,28)(H,29,30)(H2,25,26,31)/t13-,14+,15+,16+,18+/m0/s1. The van der Waals surface area contributed by atoms with Crippen LogP contribution in [0.25, 0.3) is 0 Å². The van der Waals surface area contributed by atoms with E-state index in [1.165, 1.54) is 0 Å². The molecule has 3 fully saturated rings. The zero-order valence-corrected chi connectivity index (χ0v) is 19.2. The SMILES string of the molecule is O=C(CCCC[C@H]1SC[C@H]2NC(=O)N[C@H]21)NCCCC[C@@H](NC(=O)[C@@H]1CCCN1)C(=O)O. The number of thioether (sulfide) groups is 1. The van der Waals surface area contributed by atoms with Gasteiger partial charge >= 0.3 is 12.0 Å². The summed E-state index contributed by atoms with van der Waals surface area (Å²) in [4.78, 5) is 46.9. The molecule has 0 aromatic rings. The Labute approximate surface area is 192 Å². The predicted molar refractivity (Wildman–Crippen MR) is 121 cm³/mol. The number of urea groups is 1. The van der Waals surface area contributed by atoms with Gasteiger partial charge in [-0.3, -0.25) is 9.59 Å². The molecule has 0 aromatic heterocycles. The van der Waals surface area contributed by atoms with Gasteiger partial charge in [0.25, 0.3) is 0 Å². The number of carbonyl (C=O) groups is 4. The second-order valence-electron chi connectivity index (χ2n) is 8.76. The lowest BCUT2D eigenvalue weighted by Gasteiger charge is -2.17. The number of hydrogen-bond acceptors (Lipinski definition) is 6.